The van der Waals surface area contributed by atoms with E-state index >= 15 is 0 Å². The van der Waals surface area contributed by atoms with Crippen LogP contribution >= 0.6 is 0 Å². The van der Waals surface area contributed by atoms with E-state index in [4.69, 9.17) is 0 Å². The normalized spacial score (nSPS) is 18.8. The number of likely N-dealkylation sites (N-methyl/N-ethyl adjacent to an activating group) is 1. The molecular weight excluding hydrogens is 314 g/mol. The fraction of sp³-hybridized carbons (Fsp3) is 0.190. The van der Waals surface area contributed by atoms with Gasteiger partial charge in [0.15, 0.2) is 5.78 Å². The highest BCUT2D eigenvalue weighted by Gasteiger charge is 2.25. The van der Waals surface area contributed by atoms with Crippen molar-refractivity contribution >= 4 is 17.9 Å². The molecule has 0 bridgehead atoms. The summed E-state index contributed by atoms with van der Waals surface area (Å²) in [6.07, 6.45) is 3.67. The van der Waals surface area contributed by atoms with Crippen LogP contribution in [0.2, 0.25) is 0 Å². The third-order valence-electron chi connectivity index (χ3n) is 4.24. The highest BCUT2D eigenvalue weighted by Crippen LogP contribution is 2.23. The summed E-state index contributed by atoms with van der Waals surface area (Å²) >= 11 is 0. The first kappa shape index (κ1) is 17.0. The Bertz CT molecular complexity index is 784. The first-order valence-corrected chi connectivity index (χ1v) is 8.31. The van der Waals surface area contributed by atoms with Gasteiger partial charge in [-0.2, -0.15) is 0 Å². The number of benzene rings is 2. The Hall–Kier alpha value is -2.85. The Morgan fingerprint density at radius 3 is 1.80 bits per heavy atom. The van der Waals surface area contributed by atoms with Gasteiger partial charge in [-0.15, -0.1) is 0 Å². The zero-order valence-electron chi connectivity index (χ0n) is 14.1. The minimum atomic E-state index is 0.0105. The lowest BCUT2D eigenvalue weighted by atomic mass is 9.94. The number of likely N-dealkylation sites (tertiary alicyclic amines) is 1. The zero-order chi connectivity index (χ0) is 17.8. The van der Waals surface area contributed by atoms with Gasteiger partial charge in [0.1, 0.15) is 11.5 Å². The Morgan fingerprint density at radius 2 is 1.40 bits per heavy atom. The quantitative estimate of drug-likeness (QED) is 0.843. The van der Waals surface area contributed by atoms with E-state index in [9.17, 15) is 15.0 Å². The molecule has 2 N–H and O–H groups in total. The van der Waals surface area contributed by atoms with Crippen LogP contribution in [-0.2, 0) is 4.79 Å². The number of rotatable bonds is 3. The van der Waals surface area contributed by atoms with E-state index < -0.39 is 0 Å². The van der Waals surface area contributed by atoms with Gasteiger partial charge in [-0.25, -0.2) is 0 Å². The molecule has 0 amide bonds. The summed E-state index contributed by atoms with van der Waals surface area (Å²) in [6.45, 7) is 4.07. The summed E-state index contributed by atoms with van der Waals surface area (Å²) < 4.78 is 0. The van der Waals surface area contributed by atoms with Gasteiger partial charge in [0.2, 0.25) is 0 Å². The molecule has 0 atom stereocenters. The zero-order valence-corrected chi connectivity index (χ0v) is 14.1. The largest absolute Gasteiger partial charge is 0.508 e. The van der Waals surface area contributed by atoms with Crippen LogP contribution in [0.15, 0.2) is 59.7 Å². The molecule has 3 rings (SSSR count). The molecular formula is C21H21NO3. The third-order valence-corrected chi connectivity index (χ3v) is 4.24. The van der Waals surface area contributed by atoms with Gasteiger partial charge in [0.25, 0.3) is 0 Å². The van der Waals surface area contributed by atoms with Crippen molar-refractivity contribution in [3.63, 3.8) is 0 Å². The monoisotopic (exact) mass is 335 g/mol. The van der Waals surface area contributed by atoms with Crippen molar-refractivity contribution in [3.8, 4) is 11.5 Å². The van der Waals surface area contributed by atoms with Crippen LogP contribution in [0.4, 0.5) is 0 Å². The van der Waals surface area contributed by atoms with Crippen LogP contribution in [-0.4, -0.2) is 40.5 Å². The SMILES string of the molecule is CCN1C/C(=C/c2cccc(O)c2)C(=O)/C(=C/c2cccc(O)c2)C1. The maximum absolute atomic E-state index is 12.9. The predicted molar refractivity (Wildman–Crippen MR) is 99.3 cm³/mol. The number of carbonyl (C=O) groups excluding carboxylic acids is 1. The molecule has 1 fully saturated rings. The van der Waals surface area contributed by atoms with Crippen molar-refractivity contribution in [3.05, 3.63) is 70.8 Å². The Balaban J connectivity index is 1.96. The van der Waals surface area contributed by atoms with Gasteiger partial charge in [0, 0.05) is 24.2 Å². The number of ketones is 1. The number of hydrogen-bond acceptors (Lipinski definition) is 4. The van der Waals surface area contributed by atoms with Crippen molar-refractivity contribution in [2.24, 2.45) is 0 Å². The number of hydrogen-bond donors (Lipinski definition) is 2. The van der Waals surface area contributed by atoms with E-state index in [-0.39, 0.29) is 17.3 Å². The molecule has 1 aliphatic rings. The standard InChI is InChI=1S/C21H21NO3/c1-2-22-13-17(9-15-5-3-7-19(23)11-15)21(25)18(14-22)10-16-6-4-8-20(24)12-16/h3-12,23-24H,2,13-14H2,1H3/b17-9-,18-10+. The second-order valence-corrected chi connectivity index (χ2v) is 6.16. The highest BCUT2D eigenvalue weighted by atomic mass is 16.3. The van der Waals surface area contributed by atoms with Crippen LogP contribution in [0, 0.1) is 0 Å². The van der Waals surface area contributed by atoms with Crippen LogP contribution in [0.5, 0.6) is 11.5 Å². The van der Waals surface area contributed by atoms with Gasteiger partial charge >= 0.3 is 0 Å². The molecule has 4 nitrogen and oxygen atoms in total. The Kier molecular flexibility index (Phi) is 5.00. The molecule has 1 heterocycles. The first-order valence-electron chi connectivity index (χ1n) is 8.31. The lowest BCUT2D eigenvalue weighted by Gasteiger charge is -2.28. The van der Waals surface area contributed by atoms with E-state index in [2.05, 4.69) is 11.8 Å². The van der Waals surface area contributed by atoms with Crippen molar-refractivity contribution in [1.29, 1.82) is 0 Å². The number of nitrogens with zero attached hydrogens (tertiary/aromatic N) is 1. The van der Waals surface area contributed by atoms with Crippen LogP contribution in [0.3, 0.4) is 0 Å². The Morgan fingerprint density at radius 1 is 0.920 bits per heavy atom. The maximum Gasteiger partial charge on any atom is 0.187 e. The van der Waals surface area contributed by atoms with Gasteiger partial charge in [0.05, 0.1) is 0 Å². The fourth-order valence-corrected chi connectivity index (χ4v) is 2.97. The maximum atomic E-state index is 12.9. The Labute approximate surface area is 147 Å². The van der Waals surface area contributed by atoms with Gasteiger partial charge in [-0.1, -0.05) is 31.2 Å². The second-order valence-electron chi connectivity index (χ2n) is 6.16. The molecule has 25 heavy (non-hydrogen) atoms. The summed E-state index contributed by atoms with van der Waals surface area (Å²) in [5.74, 6) is 0.373. The number of piperidine rings is 1. The first-order chi connectivity index (χ1) is 12.0. The summed E-state index contributed by atoms with van der Waals surface area (Å²) in [7, 11) is 0. The van der Waals surface area contributed by atoms with Crippen molar-refractivity contribution in [2.75, 3.05) is 19.6 Å². The van der Waals surface area contributed by atoms with E-state index in [1.807, 2.05) is 24.3 Å². The van der Waals surface area contributed by atoms with Crippen LogP contribution in [0.1, 0.15) is 18.1 Å². The summed E-state index contributed by atoms with van der Waals surface area (Å²) in [5, 5.41) is 19.2. The second kappa shape index (κ2) is 7.36. The third kappa shape index (κ3) is 4.17. The molecule has 4 heteroatoms. The molecule has 0 spiro atoms. The summed E-state index contributed by atoms with van der Waals surface area (Å²) in [4.78, 5) is 15.1. The summed E-state index contributed by atoms with van der Waals surface area (Å²) in [5.41, 5.74) is 3.01. The number of aromatic hydroxyl groups is 2. The van der Waals surface area contributed by atoms with E-state index in [0.717, 1.165) is 17.7 Å². The van der Waals surface area contributed by atoms with Gasteiger partial charge in [-0.05, 0) is 54.1 Å². The van der Waals surface area contributed by atoms with E-state index in [1.54, 1.807) is 36.4 Å². The minimum Gasteiger partial charge on any atom is -0.508 e. The van der Waals surface area contributed by atoms with E-state index in [0.29, 0.717) is 24.2 Å². The van der Waals surface area contributed by atoms with Gasteiger partial charge < -0.3 is 10.2 Å². The summed E-state index contributed by atoms with van der Waals surface area (Å²) in [6, 6.07) is 13.7. The number of phenols is 2. The molecule has 2 aromatic rings. The molecule has 0 saturated carbocycles. The number of phenolic OH excluding ortho intramolecular Hbond substituents is 2. The number of carbonyl (C=O) groups is 1. The molecule has 2 aromatic carbocycles. The van der Waals surface area contributed by atoms with Crippen LogP contribution in [0.25, 0.3) is 12.2 Å². The smallest absolute Gasteiger partial charge is 0.187 e. The number of Topliss-reactive ketones (excluding diaryl/α,β-unsaturated/α-hetero) is 1. The molecule has 128 valence electrons. The molecule has 0 aromatic heterocycles. The molecule has 1 saturated heterocycles. The predicted octanol–water partition coefficient (Wildman–Crippen LogP) is 3.47. The van der Waals surface area contributed by atoms with Crippen molar-refractivity contribution in [1.82, 2.24) is 4.90 Å². The fourth-order valence-electron chi connectivity index (χ4n) is 2.97. The average molecular weight is 335 g/mol. The lowest BCUT2D eigenvalue weighted by molar-refractivity contribution is -0.113. The molecule has 0 aliphatic carbocycles. The topological polar surface area (TPSA) is 60.8 Å². The molecule has 0 unspecified atom stereocenters. The highest BCUT2D eigenvalue weighted by molar-refractivity contribution is 6.14. The van der Waals surface area contributed by atoms with Crippen molar-refractivity contribution in [2.45, 2.75) is 6.92 Å². The van der Waals surface area contributed by atoms with Gasteiger partial charge in [-0.3, -0.25) is 9.69 Å². The van der Waals surface area contributed by atoms with Crippen molar-refractivity contribution < 1.29 is 15.0 Å². The molecule has 0 radical (unpaired) electrons. The minimum absolute atomic E-state index is 0.0105. The van der Waals surface area contributed by atoms with Crippen LogP contribution < -0.4 is 0 Å². The molecule has 1 aliphatic heterocycles. The lowest BCUT2D eigenvalue weighted by Crippen LogP contribution is -2.37. The average Bonchev–Trinajstić information content (AvgIpc) is 2.58. The van der Waals surface area contributed by atoms with E-state index in [1.165, 1.54) is 0 Å².